The molecule has 4 rings (SSSR count). The standard InChI is InChI=1S/C13H10P.C10H15.2ClH.Zr/c1-2-6-12-11(5-1)7-8-13(12)14-9-3-4-10-14;1-7-6-10(4,5)9(3)8(7)2;;;/h1-10H;1-5H3;2*1H;. The van der Waals surface area contributed by atoms with E-state index in [2.05, 4.69) is 94.8 Å². The van der Waals surface area contributed by atoms with E-state index in [0.717, 1.165) is 0 Å². The molecule has 2 aromatic rings. The van der Waals surface area contributed by atoms with Crippen LogP contribution in [0.2, 0.25) is 0 Å². The van der Waals surface area contributed by atoms with E-state index < -0.39 is 23.2 Å². The number of benzene rings is 1. The van der Waals surface area contributed by atoms with Crippen molar-refractivity contribution < 1.29 is 23.2 Å². The molecule has 0 amide bonds. The van der Waals surface area contributed by atoms with Gasteiger partial charge in [0.25, 0.3) is 0 Å². The maximum Gasteiger partial charge on any atom is -0.147 e. The van der Waals surface area contributed by atoms with Crippen molar-refractivity contribution in [3.05, 3.63) is 85.2 Å². The van der Waals surface area contributed by atoms with Crippen LogP contribution in [0.1, 0.15) is 45.7 Å². The van der Waals surface area contributed by atoms with Gasteiger partial charge in [0, 0.05) is 0 Å². The summed E-state index contributed by atoms with van der Waals surface area (Å²) >= 11 is -0.885. The predicted molar refractivity (Wildman–Crippen MR) is 121 cm³/mol. The molecule has 1 aromatic carbocycles. The third-order valence-corrected chi connectivity index (χ3v) is 16.1. The van der Waals surface area contributed by atoms with Gasteiger partial charge in [0.05, 0.1) is 0 Å². The molecule has 1 heterocycles. The van der Waals surface area contributed by atoms with Gasteiger partial charge in [-0.15, -0.1) is 24.8 Å². The molecule has 0 bridgehead atoms. The Balaban J connectivity index is 0.00000131. The Kier molecular flexibility index (Phi) is 6.98. The summed E-state index contributed by atoms with van der Waals surface area (Å²) in [5, 5.41) is 0. The Labute approximate surface area is 188 Å². The SMILES string of the molecule is CC1=C(C)C(C)(C)[C]([Zr][C]2(p3cccc3)C=Cc3ccccc32)=C1C.Cl.Cl. The van der Waals surface area contributed by atoms with Crippen LogP contribution < -0.4 is 0 Å². The van der Waals surface area contributed by atoms with Crippen LogP contribution in [0, 0.1) is 5.41 Å². The molecule has 0 saturated heterocycles. The first kappa shape index (κ1) is 23.0. The summed E-state index contributed by atoms with van der Waals surface area (Å²) in [5.41, 5.74) is 7.97. The first-order chi connectivity index (χ1) is 11.9. The fourth-order valence-corrected chi connectivity index (χ4v) is 13.4. The van der Waals surface area contributed by atoms with E-state index in [-0.39, 0.29) is 40.6 Å². The molecule has 1 unspecified atom stereocenters. The molecule has 0 N–H and O–H groups in total. The second-order valence-corrected chi connectivity index (χ2v) is 14.7. The third-order valence-electron chi connectivity index (χ3n) is 6.27. The van der Waals surface area contributed by atoms with E-state index in [1.54, 1.807) is 20.0 Å². The summed E-state index contributed by atoms with van der Waals surface area (Å²) in [6.45, 7) is 11.9. The average Bonchev–Trinajstić information content (AvgIpc) is 3.29. The van der Waals surface area contributed by atoms with Gasteiger partial charge in [-0.25, -0.2) is 0 Å². The second kappa shape index (κ2) is 8.20. The van der Waals surface area contributed by atoms with Gasteiger partial charge in [-0.3, -0.25) is 0 Å². The van der Waals surface area contributed by atoms with Gasteiger partial charge in [0.1, 0.15) is 0 Å². The van der Waals surface area contributed by atoms with Gasteiger partial charge in [0.2, 0.25) is 0 Å². The molecule has 0 nitrogen and oxygen atoms in total. The van der Waals surface area contributed by atoms with Crippen LogP contribution in [-0.4, -0.2) is 0 Å². The summed E-state index contributed by atoms with van der Waals surface area (Å²) in [5.74, 6) is 4.96. The maximum absolute atomic E-state index is 2.58. The fraction of sp³-hybridized carbons (Fsp3) is 0.304. The minimum Gasteiger partial charge on any atom is -0.147 e. The zero-order chi connectivity index (χ0) is 17.8. The molecule has 142 valence electrons. The molecular weight excluding hydrogens is 469 g/mol. The smallest absolute Gasteiger partial charge is 0.147 e. The van der Waals surface area contributed by atoms with Gasteiger partial charge in [-0.1, -0.05) is 0 Å². The largest absolute Gasteiger partial charge is 0.147 e. The first-order valence-corrected chi connectivity index (χ1v) is 12.9. The van der Waals surface area contributed by atoms with Crippen molar-refractivity contribution in [2.45, 2.75) is 37.5 Å². The minimum absolute atomic E-state index is 0. The Morgan fingerprint density at radius 2 is 1.48 bits per heavy atom. The predicted octanol–water partition coefficient (Wildman–Crippen LogP) is 7.98. The van der Waals surface area contributed by atoms with Crippen LogP contribution in [0.5, 0.6) is 0 Å². The van der Waals surface area contributed by atoms with Gasteiger partial charge < -0.3 is 0 Å². The van der Waals surface area contributed by atoms with E-state index in [9.17, 15) is 0 Å². The molecule has 0 radical (unpaired) electrons. The van der Waals surface area contributed by atoms with E-state index in [4.69, 9.17) is 0 Å². The number of rotatable bonds is 3. The fourth-order valence-electron chi connectivity index (χ4n) is 4.29. The summed E-state index contributed by atoms with van der Waals surface area (Å²) in [6.07, 6.45) is 4.97. The van der Waals surface area contributed by atoms with Crippen LogP contribution in [0.25, 0.3) is 6.08 Å². The third kappa shape index (κ3) is 3.44. The van der Waals surface area contributed by atoms with Crippen LogP contribution in [0.15, 0.2) is 74.1 Å². The van der Waals surface area contributed by atoms with Crippen molar-refractivity contribution in [3.8, 4) is 0 Å². The number of hydrogen-bond donors (Lipinski definition) is 0. The van der Waals surface area contributed by atoms with E-state index in [1.165, 1.54) is 11.1 Å². The van der Waals surface area contributed by atoms with Crippen molar-refractivity contribution in [1.29, 1.82) is 0 Å². The van der Waals surface area contributed by atoms with E-state index in [0.29, 0.717) is 0 Å². The van der Waals surface area contributed by atoms with E-state index >= 15 is 0 Å². The summed E-state index contributed by atoms with van der Waals surface area (Å²) < 4.78 is 2.07. The molecule has 1 aromatic heterocycles. The zero-order valence-corrected chi connectivity index (χ0v) is 21.5. The molecule has 1 atom stereocenters. The van der Waals surface area contributed by atoms with Crippen LogP contribution in [-0.2, 0) is 26.1 Å². The van der Waals surface area contributed by atoms with Gasteiger partial charge in [-0.2, -0.15) is 0 Å². The summed E-state index contributed by atoms with van der Waals surface area (Å²) in [7, 11) is -0.247. The van der Waals surface area contributed by atoms with Gasteiger partial charge >= 0.3 is 165 Å². The summed E-state index contributed by atoms with van der Waals surface area (Å²) in [4.78, 5) is 0. The Hall–Kier alpha value is -0.317. The number of hydrogen-bond acceptors (Lipinski definition) is 0. The molecule has 0 fully saturated rings. The van der Waals surface area contributed by atoms with Crippen molar-refractivity contribution in [1.82, 2.24) is 0 Å². The second-order valence-electron chi connectivity index (χ2n) is 7.78. The molecule has 0 spiro atoms. The van der Waals surface area contributed by atoms with Gasteiger partial charge in [-0.05, 0) is 0 Å². The number of fused-ring (bicyclic) bond motifs is 1. The normalized spacial score (nSPS) is 22.4. The molecule has 0 saturated carbocycles. The van der Waals surface area contributed by atoms with Crippen molar-refractivity contribution in [2.24, 2.45) is 5.41 Å². The molecule has 2 aliphatic carbocycles. The number of halogens is 2. The summed E-state index contributed by atoms with van der Waals surface area (Å²) in [6, 6.07) is 13.6. The van der Waals surface area contributed by atoms with E-state index in [1.807, 2.05) is 0 Å². The van der Waals surface area contributed by atoms with Crippen molar-refractivity contribution >= 4 is 38.4 Å². The molecule has 2 aliphatic rings. The van der Waals surface area contributed by atoms with Crippen LogP contribution in [0.4, 0.5) is 0 Å². The molecule has 4 heteroatoms. The monoisotopic (exact) mass is 494 g/mol. The maximum atomic E-state index is 2.58. The topological polar surface area (TPSA) is 0 Å². The van der Waals surface area contributed by atoms with Crippen LogP contribution in [0.3, 0.4) is 0 Å². The number of allylic oxidation sites excluding steroid dienone is 5. The van der Waals surface area contributed by atoms with Gasteiger partial charge in [0.15, 0.2) is 0 Å². The average molecular weight is 497 g/mol. The first-order valence-electron chi connectivity index (χ1n) is 8.98. The molecule has 27 heavy (non-hydrogen) atoms. The zero-order valence-electron chi connectivity index (χ0n) is 16.5. The quantitative estimate of drug-likeness (QED) is 0.404. The van der Waals surface area contributed by atoms with Crippen molar-refractivity contribution in [2.75, 3.05) is 0 Å². The Morgan fingerprint density at radius 3 is 2.07 bits per heavy atom. The van der Waals surface area contributed by atoms with Crippen LogP contribution >= 0.6 is 32.3 Å². The molecule has 0 aliphatic heterocycles. The molecular formula is C23H27Cl2PZr. The van der Waals surface area contributed by atoms with Crippen molar-refractivity contribution in [3.63, 3.8) is 0 Å². The minimum atomic E-state index is -0.885. The Bertz CT molecular complexity index is 935. The Morgan fingerprint density at radius 1 is 0.852 bits per heavy atom.